The topological polar surface area (TPSA) is 110 Å². The average Bonchev–Trinajstić information content (AvgIpc) is 2.86. The smallest absolute Gasteiger partial charge is 0.316 e. The minimum absolute atomic E-state index is 0.311. The van der Waals surface area contributed by atoms with Gasteiger partial charge in [-0.05, 0) is 30.3 Å². The molecule has 0 aliphatic heterocycles. The zero-order valence-corrected chi connectivity index (χ0v) is 12.3. The predicted molar refractivity (Wildman–Crippen MR) is 86.3 cm³/mol. The second-order valence-electron chi connectivity index (χ2n) is 4.94. The fourth-order valence-corrected chi connectivity index (χ4v) is 2.20. The van der Waals surface area contributed by atoms with E-state index in [4.69, 9.17) is 10.2 Å². The van der Waals surface area contributed by atoms with E-state index in [0.29, 0.717) is 28.4 Å². The van der Waals surface area contributed by atoms with Crippen molar-refractivity contribution in [1.82, 2.24) is 4.98 Å². The summed E-state index contributed by atoms with van der Waals surface area (Å²) >= 11 is 0. The maximum Gasteiger partial charge on any atom is 0.316 e. The zero-order chi connectivity index (χ0) is 16.4. The van der Waals surface area contributed by atoms with Crippen molar-refractivity contribution in [2.45, 2.75) is 6.92 Å². The van der Waals surface area contributed by atoms with E-state index in [0.717, 1.165) is 5.52 Å². The first-order valence-electron chi connectivity index (χ1n) is 6.86. The van der Waals surface area contributed by atoms with Crippen LogP contribution < -0.4 is 16.4 Å². The van der Waals surface area contributed by atoms with Gasteiger partial charge in [0.15, 0.2) is 11.5 Å². The Morgan fingerprint density at radius 2 is 1.87 bits per heavy atom. The summed E-state index contributed by atoms with van der Waals surface area (Å²) < 4.78 is 5.43. The van der Waals surface area contributed by atoms with Crippen LogP contribution in [0.5, 0.6) is 0 Å². The summed E-state index contributed by atoms with van der Waals surface area (Å²) in [6.45, 7) is 1.76. The van der Waals surface area contributed by atoms with Crippen LogP contribution in [0.4, 0.5) is 16.2 Å². The zero-order valence-electron chi connectivity index (χ0n) is 12.3. The highest BCUT2D eigenvalue weighted by molar-refractivity contribution is 6.05. The van der Waals surface area contributed by atoms with Gasteiger partial charge in [-0.15, -0.1) is 0 Å². The number of amides is 3. The molecule has 7 nitrogen and oxygen atoms in total. The molecular formula is C16H14N4O3. The summed E-state index contributed by atoms with van der Waals surface area (Å²) in [6.07, 6.45) is 0. The number of hydrogen-bond acceptors (Lipinski definition) is 4. The number of benzene rings is 2. The largest absolute Gasteiger partial charge is 0.441 e. The molecule has 0 aliphatic rings. The lowest BCUT2D eigenvalue weighted by atomic mass is 10.2. The molecule has 0 bridgehead atoms. The van der Waals surface area contributed by atoms with Gasteiger partial charge in [0, 0.05) is 29.9 Å². The fraction of sp³-hybridized carbons (Fsp3) is 0.0625. The highest BCUT2D eigenvalue weighted by Crippen LogP contribution is 2.20. The molecule has 0 spiro atoms. The Hall–Kier alpha value is -3.35. The number of nitrogens with two attached hydrogens (primary N) is 1. The van der Waals surface area contributed by atoms with E-state index in [9.17, 15) is 9.59 Å². The van der Waals surface area contributed by atoms with Gasteiger partial charge in [-0.1, -0.05) is 6.07 Å². The van der Waals surface area contributed by atoms with Crippen LogP contribution in [0.2, 0.25) is 0 Å². The molecule has 7 heteroatoms. The monoisotopic (exact) mass is 310 g/mol. The number of aryl methyl sites for hydroxylation is 1. The number of rotatable bonds is 3. The summed E-state index contributed by atoms with van der Waals surface area (Å²) in [4.78, 5) is 27.4. The fourth-order valence-electron chi connectivity index (χ4n) is 2.20. The summed E-state index contributed by atoms with van der Waals surface area (Å²) in [5, 5.41) is 5.20. The number of anilines is 2. The van der Waals surface area contributed by atoms with Crippen LogP contribution in [0.25, 0.3) is 11.1 Å². The van der Waals surface area contributed by atoms with Gasteiger partial charge in [0.25, 0.3) is 5.91 Å². The summed E-state index contributed by atoms with van der Waals surface area (Å²) in [6, 6.07) is 11.0. The SMILES string of the molecule is Cc1nc2ccc(NC(=O)c3cccc(NC(N)=O)c3)cc2o1. The number of aromatic nitrogens is 1. The molecule has 0 radical (unpaired) electrons. The van der Waals surface area contributed by atoms with Gasteiger partial charge in [-0.25, -0.2) is 9.78 Å². The Balaban J connectivity index is 1.81. The second kappa shape index (κ2) is 5.80. The first kappa shape index (κ1) is 14.6. The van der Waals surface area contributed by atoms with E-state index in [-0.39, 0.29) is 5.91 Å². The second-order valence-corrected chi connectivity index (χ2v) is 4.94. The van der Waals surface area contributed by atoms with Crippen molar-refractivity contribution in [1.29, 1.82) is 0 Å². The molecule has 23 heavy (non-hydrogen) atoms. The Labute approximate surface area is 131 Å². The molecule has 0 fully saturated rings. The Morgan fingerprint density at radius 3 is 2.65 bits per heavy atom. The van der Waals surface area contributed by atoms with Crippen LogP contribution >= 0.6 is 0 Å². The van der Waals surface area contributed by atoms with Crippen molar-refractivity contribution < 1.29 is 14.0 Å². The van der Waals surface area contributed by atoms with Gasteiger partial charge in [-0.3, -0.25) is 4.79 Å². The van der Waals surface area contributed by atoms with Crippen molar-refractivity contribution in [3.63, 3.8) is 0 Å². The highest BCUT2D eigenvalue weighted by atomic mass is 16.3. The Morgan fingerprint density at radius 1 is 1.09 bits per heavy atom. The summed E-state index contributed by atoms with van der Waals surface area (Å²) in [7, 11) is 0. The van der Waals surface area contributed by atoms with Gasteiger partial charge in [-0.2, -0.15) is 0 Å². The third-order valence-electron chi connectivity index (χ3n) is 3.15. The van der Waals surface area contributed by atoms with E-state index >= 15 is 0 Å². The van der Waals surface area contributed by atoms with Crippen LogP contribution in [-0.4, -0.2) is 16.9 Å². The lowest BCUT2D eigenvalue weighted by molar-refractivity contribution is 0.102. The van der Waals surface area contributed by atoms with E-state index in [1.54, 1.807) is 43.3 Å². The highest BCUT2D eigenvalue weighted by Gasteiger charge is 2.09. The molecule has 0 atom stereocenters. The Bertz CT molecular complexity index is 901. The van der Waals surface area contributed by atoms with E-state index in [1.165, 1.54) is 6.07 Å². The molecule has 0 unspecified atom stereocenters. The number of nitrogens with one attached hydrogen (secondary N) is 2. The van der Waals surface area contributed by atoms with Crippen molar-refractivity contribution >= 4 is 34.4 Å². The summed E-state index contributed by atoms with van der Waals surface area (Å²) in [5.41, 5.74) is 7.83. The number of primary amides is 1. The lowest BCUT2D eigenvalue weighted by Crippen LogP contribution is -2.19. The van der Waals surface area contributed by atoms with E-state index in [1.807, 2.05) is 0 Å². The number of hydrogen-bond donors (Lipinski definition) is 3. The molecule has 1 aromatic heterocycles. The molecule has 2 aromatic carbocycles. The molecular weight excluding hydrogens is 296 g/mol. The molecule has 3 rings (SSSR count). The molecule has 0 saturated heterocycles. The normalized spacial score (nSPS) is 10.5. The van der Waals surface area contributed by atoms with Crippen molar-refractivity contribution in [3.8, 4) is 0 Å². The molecule has 4 N–H and O–H groups in total. The maximum absolute atomic E-state index is 12.3. The van der Waals surface area contributed by atoms with Crippen LogP contribution in [0, 0.1) is 6.92 Å². The minimum Gasteiger partial charge on any atom is -0.441 e. The van der Waals surface area contributed by atoms with Crippen LogP contribution in [0.1, 0.15) is 16.2 Å². The molecule has 1 heterocycles. The minimum atomic E-state index is -0.686. The van der Waals surface area contributed by atoms with Crippen molar-refractivity contribution in [2.75, 3.05) is 10.6 Å². The third-order valence-corrected chi connectivity index (χ3v) is 3.15. The molecule has 3 aromatic rings. The lowest BCUT2D eigenvalue weighted by Gasteiger charge is -2.07. The summed E-state index contributed by atoms with van der Waals surface area (Å²) in [5.74, 6) is 0.252. The van der Waals surface area contributed by atoms with Crippen molar-refractivity contribution in [3.05, 3.63) is 53.9 Å². The molecule has 3 amide bonds. The van der Waals surface area contributed by atoms with Crippen LogP contribution in [0.3, 0.4) is 0 Å². The predicted octanol–water partition coefficient (Wildman–Crippen LogP) is 2.88. The van der Waals surface area contributed by atoms with Crippen LogP contribution in [-0.2, 0) is 0 Å². The molecule has 116 valence electrons. The first-order valence-corrected chi connectivity index (χ1v) is 6.86. The number of fused-ring (bicyclic) bond motifs is 1. The first-order chi connectivity index (χ1) is 11.0. The van der Waals surface area contributed by atoms with Gasteiger partial charge in [0.05, 0.1) is 0 Å². The molecule has 0 saturated carbocycles. The number of nitrogens with zero attached hydrogens (tertiary/aromatic N) is 1. The van der Waals surface area contributed by atoms with E-state index in [2.05, 4.69) is 15.6 Å². The molecule has 0 aliphatic carbocycles. The Kier molecular flexibility index (Phi) is 3.68. The maximum atomic E-state index is 12.3. The quantitative estimate of drug-likeness (QED) is 0.690. The third kappa shape index (κ3) is 3.29. The average molecular weight is 310 g/mol. The number of oxazole rings is 1. The van der Waals surface area contributed by atoms with Gasteiger partial charge < -0.3 is 20.8 Å². The van der Waals surface area contributed by atoms with Gasteiger partial charge in [0.2, 0.25) is 0 Å². The van der Waals surface area contributed by atoms with E-state index < -0.39 is 6.03 Å². The van der Waals surface area contributed by atoms with Gasteiger partial charge in [0.1, 0.15) is 5.52 Å². The number of carbonyl (C=O) groups is 2. The standard InChI is InChI=1S/C16H14N4O3/c1-9-18-13-6-5-12(8-14(13)23-9)19-15(21)10-3-2-4-11(7-10)20-16(17)22/h2-8H,1H3,(H,19,21)(H3,17,20,22). The number of urea groups is 1. The number of carbonyl (C=O) groups excluding carboxylic acids is 2. The van der Waals surface area contributed by atoms with Crippen molar-refractivity contribution in [2.24, 2.45) is 5.73 Å². The van der Waals surface area contributed by atoms with Crippen LogP contribution in [0.15, 0.2) is 46.9 Å². The van der Waals surface area contributed by atoms with Gasteiger partial charge >= 0.3 is 6.03 Å².